The normalized spacial score (nSPS) is 24.4. The summed E-state index contributed by atoms with van der Waals surface area (Å²) in [6, 6.07) is 6.20. The smallest absolute Gasteiger partial charge is 0.406 e. The van der Waals surface area contributed by atoms with Crippen LogP contribution in [0.3, 0.4) is 0 Å². The van der Waals surface area contributed by atoms with Crippen LogP contribution in [0, 0.1) is 0 Å². The largest absolute Gasteiger partial charge is 0.573 e. The van der Waals surface area contributed by atoms with Gasteiger partial charge in [-0.15, -0.1) is 13.2 Å². The number of benzene rings is 1. The van der Waals surface area contributed by atoms with Crippen molar-refractivity contribution in [2.24, 2.45) is 0 Å². The highest BCUT2D eigenvalue weighted by Crippen LogP contribution is 2.42. The van der Waals surface area contributed by atoms with E-state index in [1.807, 2.05) is 0 Å². The van der Waals surface area contributed by atoms with Crippen LogP contribution in [0.15, 0.2) is 24.3 Å². The Balaban J connectivity index is 1.57. The molecule has 0 radical (unpaired) electrons. The first kappa shape index (κ1) is 14.5. The third-order valence-electron chi connectivity index (χ3n) is 4.22. The summed E-state index contributed by atoms with van der Waals surface area (Å²) in [6.45, 7) is 0.743. The molecule has 1 heterocycles. The van der Waals surface area contributed by atoms with Gasteiger partial charge in [-0.3, -0.25) is 0 Å². The van der Waals surface area contributed by atoms with Crippen molar-refractivity contribution in [2.75, 3.05) is 11.9 Å². The van der Waals surface area contributed by atoms with Crippen molar-refractivity contribution >= 4 is 5.69 Å². The second-order valence-corrected chi connectivity index (χ2v) is 5.79. The molecule has 116 valence electrons. The molecule has 3 rings (SSSR count). The number of hydrogen-bond acceptors (Lipinski definition) is 3. The van der Waals surface area contributed by atoms with Crippen LogP contribution in [0.1, 0.15) is 32.1 Å². The zero-order chi connectivity index (χ0) is 14.9. The van der Waals surface area contributed by atoms with Crippen molar-refractivity contribution in [1.29, 1.82) is 0 Å². The summed E-state index contributed by atoms with van der Waals surface area (Å²) in [7, 11) is 0. The number of nitrogens with one attached hydrogen (secondary N) is 1. The van der Waals surface area contributed by atoms with Crippen LogP contribution in [0.5, 0.6) is 5.75 Å². The van der Waals surface area contributed by atoms with Gasteiger partial charge in [0.2, 0.25) is 0 Å². The lowest BCUT2D eigenvalue weighted by Gasteiger charge is -2.47. The average Bonchev–Trinajstić information content (AvgIpc) is 2.38. The lowest BCUT2D eigenvalue weighted by Crippen LogP contribution is -2.48. The molecular weight excluding hydrogens is 283 g/mol. The summed E-state index contributed by atoms with van der Waals surface area (Å²) in [5.41, 5.74) is 0.862. The standard InChI is InChI=1S/C15H18F3NO2/c16-15(17,18)21-13-4-2-11(3-5-13)19-12-6-9-20-14(10-12)7-1-8-14/h2-5,12,19H,1,6-10H2. The van der Waals surface area contributed by atoms with Gasteiger partial charge in [-0.05, 0) is 56.4 Å². The number of halogens is 3. The first-order chi connectivity index (χ1) is 9.94. The zero-order valence-electron chi connectivity index (χ0n) is 11.6. The van der Waals surface area contributed by atoms with E-state index < -0.39 is 6.36 Å². The second-order valence-electron chi connectivity index (χ2n) is 5.79. The molecule has 2 fully saturated rings. The lowest BCUT2D eigenvalue weighted by molar-refractivity contribution is -0.274. The van der Waals surface area contributed by atoms with Crippen LogP contribution in [-0.4, -0.2) is 24.6 Å². The topological polar surface area (TPSA) is 30.5 Å². The van der Waals surface area contributed by atoms with Gasteiger partial charge >= 0.3 is 6.36 Å². The Morgan fingerprint density at radius 3 is 2.48 bits per heavy atom. The molecule has 21 heavy (non-hydrogen) atoms. The molecule has 1 N–H and O–H groups in total. The van der Waals surface area contributed by atoms with Gasteiger partial charge in [-0.1, -0.05) is 0 Å². The second kappa shape index (κ2) is 5.40. The Morgan fingerprint density at radius 2 is 1.90 bits per heavy atom. The Morgan fingerprint density at radius 1 is 1.19 bits per heavy atom. The van der Waals surface area contributed by atoms with Crippen LogP contribution in [0.2, 0.25) is 0 Å². The van der Waals surface area contributed by atoms with Gasteiger partial charge in [0.05, 0.1) is 5.60 Å². The maximum absolute atomic E-state index is 12.1. The third kappa shape index (κ3) is 3.61. The molecule has 1 aliphatic carbocycles. The van der Waals surface area contributed by atoms with Crippen LogP contribution in [0.4, 0.5) is 18.9 Å². The highest BCUT2D eigenvalue weighted by Gasteiger charge is 2.42. The Hall–Kier alpha value is -1.43. The minimum absolute atomic E-state index is 0.0508. The summed E-state index contributed by atoms with van der Waals surface area (Å²) in [5, 5.41) is 3.38. The van der Waals surface area contributed by atoms with Crippen molar-refractivity contribution in [2.45, 2.75) is 50.1 Å². The van der Waals surface area contributed by atoms with E-state index in [4.69, 9.17) is 4.74 Å². The highest BCUT2D eigenvalue weighted by atomic mass is 19.4. The number of alkyl halides is 3. The molecule has 1 aliphatic heterocycles. The van der Waals surface area contributed by atoms with Crippen LogP contribution >= 0.6 is 0 Å². The van der Waals surface area contributed by atoms with E-state index in [1.165, 1.54) is 18.6 Å². The van der Waals surface area contributed by atoms with Crippen molar-refractivity contribution in [3.63, 3.8) is 0 Å². The zero-order valence-corrected chi connectivity index (χ0v) is 11.6. The minimum Gasteiger partial charge on any atom is -0.406 e. The molecule has 1 unspecified atom stereocenters. The van der Waals surface area contributed by atoms with E-state index >= 15 is 0 Å². The highest BCUT2D eigenvalue weighted by molar-refractivity contribution is 5.47. The summed E-state index contributed by atoms with van der Waals surface area (Å²) < 4.78 is 46.0. The van der Waals surface area contributed by atoms with E-state index in [0.717, 1.165) is 38.0 Å². The van der Waals surface area contributed by atoms with Crippen molar-refractivity contribution < 1.29 is 22.6 Å². The number of anilines is 1. The van der Waals surface area contributed by atoms with E-state index in [-0.39, 0.29) is 11.4 Å². The molecule has 3 nitrogen and oxygen atoms in total. The van der Waals surface area contributed by atoms with E-state index in [1.54, 1.807) is 12.1 Å². The summed E-state index contributed by atoms with van der Waals surface area (Å²) in [6.07, 6.45) is 0.686. The molecule has 1 atom stereocenters. The molecule has 1 saturated heterocycles. The fourth-order valence-corrected chi connectivity index (χ4v) is 3.06. The molecule has 1 aromatic rings. The Kier molecular flexibility index (Phi) is 3.73. The number of hydrogen-bond donors (Lipinski definition) is 1. The van der Waals surface area contributed by atoms with E-state index in [2.05, 4.69) is 10.1 Å². The molecule has 0 amide bonds. The fourth-order valence-electron chi connectivity index (χ4n) is 3.06. The monoisotopic (exact) mass is 301 g/mol. The lowest BCUT2D eigenvalue weighted by atomic mass is 9.74. The summed E-state index contributed by atoms with van der Waals surface area (Å²) in [5.74, 6) is -0.199. The van der Waals surface area contributed by atoms with Gasteiger partial charge in [0.1, 0.15) is 5.75 Å². The van der Waals surface area contributed by atoms with E-state index in [9.17, 15) is 13.2 Å². The SMILES string of the molecule is FC(F)(F)Oc1ccc(NC2CCOC3(CCC3)C2)cc1. The quantitative estimate of drug-likeness (QED) is 0.912. The van der Waals surface area contributed by atoms with Gasteiger partial charge in [0.25, 0.3) is 0 Å². The number of rotatable bonds is 3. The van der Waals surface area contributed by atoms with Gasteiger partial charge < -0.3 is 14.8 Å². The van der Waals surface area contributed by atoms with Gasteiger partial charge in [0.15, 0.2) is 0 Å². The average molecular weight is 301 g/mol. The van der Waals surface area contributed by atoms with Crippen LogP contribution in [0.25, 0.3) is 0 Å². The molecule has 6 heteroatoms. The molecule has 1 saturated carbocycles. The van der Waals surface area contributed by atoms with Crippen molar-refractivity contribution in [3.8, 4) is 5.75 Å². The van der Waals surface area contributed by atoms with Crippen molar-refractivity contribution in [1.82, 2.24) is 0 Å². The van der Waals surface area contributed by atoms with Crippen LogP contribution < -0.4 is 10.1 Å². The summed E-state index contributed by atoms with van der Waals surface area (Å²) in [4.78, 5) is 0. The van der Waals surface area contributed by atoms with E-state index in [0.29, 0.717) is 6.04 Å². The maximum Gasteiger partial charge on any atom is 0.573 e. The Bertz CT molecular complexity index is 483. The summed E-state index contributed by atoms with van der Waals surface area (Å²) >= 11 is 0. The predicted octanol–water partition coefficient (Wildman–Crippen LogP) is 4.10. The molecule has 1 aromatic carbocycles. The molecular formula is C15H18F3NO2. The Labute approximate surface area is 121 Å². The van der Waals surface area contributed by atoms with Gasteiger partial charge in [-0.25, -0.2) is 0 Å². The van der Waals surface area contributed by atoms with Crippen molar-refractivity contribution in [3.05, 3.63) is 24.3 Å². The molecule has 2 aliphatic rings. The van der Waals surface area contributed by atoms with Crippen LogP contribution in [-0.2, 0) is 4.74 Å². The first-order valence-electron chi connectivity index (χ1n) is 7.21. The fraction of sp³-hybridized carbons (Fsp3) is 0.600. The minimum atomic E-state index is -4.65. The maximum atomic E-state index is 12.1. The number of ether oxygens (including phenoxy) is 2. The third-order valence-corrected chi connectivity index (χ3v) is 4.22. The van der Waals surface area contributed by atoms with Gasteiger partial charge in [-0.2, -0.15) is 0 Å². The van der Waals surface area contributed by atoms with Gasteiger partial charge in [0, 0.05) is 18.3 Å². The predicted molar refractivity (Wildman–Crippen MR) is 72.3 cm³/mol. The molecule has 0 aromatic heterocycles. The molecule has 1 spiro atoms. The molecule has 0 bridgehead atoms. The first-order valence-corrected chi connectivity index (χ1v) is 7.21.